The van der Waals surface area contributed by atoms with Gasteiger partial charge in [0.15, 0.2) is 0 Å². The third kappa shape index (κ3) is 2.59. The minimum Gasteiger partial charge on any atom is -0.495 e. The molecular formula is C11H17FN2O. The van der Waals surface area contributed by atoms with E-state index in [1.165, 1.54) is 12.1 Å². The Hall–Kier alpha value is -1.29. The summed E-state index contributed by atoms with van der Waals surface area (Å²) in [6.45, 7) is 2.49. The fraction of sp³-hybridized carbons (Fsp3) is 0.455. The second-order valence-corrected chi connectivity index (χ2v) is 3.51. The Labute approximate surface area is 89.6 Å². The number of rotatable bonds is 4. The van der Waals surface area contributed by atoms with E-state index in [0.29, 0.717) is 12.3 Å². The summed E-state index contributed by atoms with van der Waals surface area (Å²) < 4.78 is 18.3. The molecule has 0 aliphatic carbocycles. The molecule has 0 amide bonds. The van der Waals surface area contributed by atoms with Gasteiger partial charge in [-0.2, -0.15) is 0 Å². The molecule has 4 heteroatoms. The quantitative estimate of drug-likeness (QED) is 0.824. The van der Waals surface area contributed by atoms with Gasteiger partial charge >= 0.3 is 0 Å². The predicted molar refractivity (Wildman–Crippen MR) is 59.9 cm³/mol. The van der Waals surface area contributed by atoms with Gasteiger partial charge in [0, 0.05) is 25.7 Å². The summed E-state index contributed by atoms with van der Waals surface area (Å²) in [5.74, 6) is 0.376. The molecule has 0 radical (unpaired) electrons. The largest absolute Gasteiger partial charge is 0.495 e. The smallest absolute Gasteiger partial charge is 0.142 e. The lowest BCUT2D eigenvalue weighted by Gasteiger charge is -2.27. The molecule has 15 heavy (non-hydrogen) atoms. The molecule has 1 rings (SSSR count). The number of nitrogens with zero attached hydrogens (tertiary/aromatic N) is 1. The van der Waals surface area contributed by atoms with E-state index in [9.17, 15) is 4.39 Å². The van der Waals surface area contributed by atoms with Crippen LogP contribution in [0, 0.1) is 5.82 Å². The van der Waals surface area contributed by atoms with Gasteiger partial charge in [0.25, 0.3) is 0 Å². The van der Waals surface area contributed by atoms with E-state index in [2.05, 4.69) is 0 Å². The molecule has 0 bridgehead atoms. The van der Waals surface area contributed by atoms with Crippen molar-refractivity contribution in [2.75, 3.05) is 25.6 Å². The fourth-order valence-electron chi connectivity index (χ4n) is 1.33. The number of benzene rings is 1. The maximum atomic E-state index is 13.1. The van der Waals surface area contributed by atoms with Crippen LogP contribution in [0.25, 0.3) is 0 Å². The van der Waals surface area contributed by atoms with Crippen LogP contribution in [0.15, 0.2) is 18.2 Å². The highest BCUT2D eigenvalue weighted by Crippen LogP contribution is 2.28. The Morgan fingerprint density at radius 2 is 2.20 bits per heavy atom. The molecule has 0 heterocycles. The van der Waals surface area contributed by atoms with Gasteiger partial charge in [-0.05, 0) is 19.1 Å². The fourth-order valence-corrected chi connectivity index (χ4v) is 1.33. The normalized spacial score (nSPS) is 12.3. The number of hydrogen-bond donors (Lipinski definition) is 1. The lowest BCUT2D eigenvalue weighted by molar-refractivity contribution is 0.412. The number of likely N-dealkylation sites (N-methyl/N-ethyl adjacent to an activating group) is 1. The van der Waals surface area contributed by atoms with Crippen molar-refractivity contribution in [2.45, 2.75) is 13.0 Å². The molecular weight excluding hydrogens is 195 g/mol. The van der Waals surface area contributed by atoms with Crippen LogP contribution in [-0.2, 0) is 0 Å². The lowest BCUT2D eigenvalue weighted by atomic mass is 10.2. The zero-order chi connectivity index (χ0) is 11.4. The first-order chi connectivity index (χ1) is 7.10. The summed E-state index contributed by atoms with van der Waals surface area (Å²) in [6, 6.07) is 4.58. The van der Waals surface area contributed by atoms with Crippen molar-refractivity contribution >= 4 is 5.69 Å². The monoisotopic (exact) mass is 212 g/mol. The Kier molecular flexibility index (Phi) is 3.91. The van der Waals surface area contributed by atoms with Gasteiger partial charge in [0.1, 0.15) is 11.6 Å². The first kappa shape index (κ1) is 11.8. The summed E-state index contributed by atoms with van der Waals surface area (Å²) in [5.41, 5.74) is 6.28. The summed E-state index contributed by atoms with van der Waals surface area (Å²) in [6.07, 6.45) is 0. The van der Waals surface area contributed by atoms with E-state index in [1.807, 2.05) is 18.9 Å². The van der Waals surface area contributed by atoms with Gasteiger partial charge in [-0.1, -0.05) is 0 Å². The second kappa shape index (κ2) is 4.98. The highest BCUT2D eigenvalue weighted by molar-refractivity contribution is 5.58. The van der Waals surface area contributed by atoms with Crippen LogP contribution in [-0.4, -0.2) is 26.7 Å². The standard InChI is InChI=1S/C11H17FN2O/c1-8(7-13)14(2)10-6-9(12)4-5-11(10)15-3/h4-6,8H,7,13H2,1-3H3. The van der Waals surface area contributed by atoms with Crippen molar-refractivity contribution in [1.82, 2.24) is 0 Å². The van der Waals surface area contributed by atoms with E-state index >= 15 is 0 Å². The average Bonchev–Trinajstić information content (AvgIpc) is 2.27. The van der Waals surface area contributed by atoms with Crippen molar-refractivity contribution in [3.8, 4) is 5.75 Å². The van der Waals surface area contributed by atoms with E-state index in [-0.39, 0.29) is 11.9 Å². The zero-order valence-corrected chi connectivity index (χ0v) is 9.33. The van der Waals surface area contributed by atoms with Crippen LogP contribution in [0.3, 0.4) is 0 Å². The Balaban J connectivity index is 3.05. The molecule has 84 valence electrons. The molecule has 2 N–H and O–H groups in total. The number of anilines is 1. The van der Waals surface area contributed by atoms with Gasteiger partial charge in [0.05, 0.1) is 12.8 Å². The van der Waals surface area contributed by atoms with Gasteiger partial charge < -0.3 is 15.4 Å². The van der Waals surface area contributed by atoms with Crippen molar-refractivity contribution < 1.29 is 9.13 Å². The van der Waals surface area contributed by atoms with Gasteiger partial charge in [-0.3, -0.25) is 0 Å². The Morgan fingerprint density at radius 3 is 2.73 bits per heavy atom. The third-order valence-corrected chi connectivity index (χ3v) is 2.52. The molecule has 0 spiro atoms. The Bertz CT molecular complexity index is 330. The molecule has 1 unspecified atom stereocenters. The molecule has 0 fully saturated rings. The summed E-state index contributed by atoms with van der Waals surface area (Å²) in [5, 5.41) is 0. The molecule has 1 atom stereocenters. The highest BCUT2D eigenvalue weighted by atomic mass is 19.1. The molecule has 0 aliphatic heterocycles. The van der Waals surface area contributed by atoms with Crippen LogP contribution >= 0.6 is 0 Å². The van der Waals surface area contributed by atoms with Crippen LogP contribution in [0.5, 0.6) is 5.75 Å². The van der Waals surface area contributed by atoms with E-state index in [1.54, 1.807) is 13.2 Å². The molecule has 1 aromatic carbocycles. The predicted octanol–water partition coefficient (Wildman–Crippen LogP) is 1.62. The molecule has 3 nitrogen and oxygen atoms in total. The Morgan fingerprint density at radius 1 is 1.53 bits per heavy atom. The van der Waals surface area contributed by atoms with Crippen LogP contribution in [0.4, 0.5) is 10.1 Å². The molecule has 0 aliphatic rings. The number of hydrogen-bond acceptors (Lipinski definition) is 3. The highest BCUT2D eigenvalue weighted by Gasteiger charge is 2.13. The van der Waals surface area contributed by atoms with Crippen molar-refractivity contribution in [2.24, 2.45) is 5.73 Å². The topological polar surface area (TPSA) is 38.5 Å². The first-order valence-electron chi connectivity index (χ1n) is 4.86. The van der Waals surface area contributed by atoms with E-state index in [4.69, 9.17) is 10.5 Å². The first-order valence-corrected chi connectivity index (χ1v) is 4.86. The van der Waals surface area contributed by atoms with Gasteiger partial charge in [-0.15, -0.1) is 0 Å². The minimum atomic E-state index is -0.276. The van der Waals surface area contributed by atoms with E-state index < -0.39 is 0 Å². The maximum Gasteiger partial charge on any atom is 0.142 e. The van der Waals surface area contributed by atoms with Crippen molar-refractivity contribution in [1.29, 1.82) is 0 Å². The van der Waals surface area contributed by atoms with E-state index in [0.717, 1.165) is 5.69 Å². The third-order valence-electron chi connectivity index (χ3n) is 2.52. The summed E-state index contributed by atoms with van der Waals surface area (Å²) in [7, 11) is 3.44. The van der Waals surface area contributed by atoms with Gasteiger partial charge in [0.2, 0.25) is 0 Å². The maximum absolute atomic E-state index is 13.1. The molecule has 0 saturated carbocycles. The molecule has 0 aromatic heterocycles. The average molecular weight is 212 g/mol. The van der Waals surface area contributed by atoms with Crippen LogP contribution in [0.2, 0.25) is 0 Å². The molecule has 1 aromatic rings. The number of ether oxygens (including phenoxy) is 1. The van der Waals surface area contributed by atoms with Crippen molar-refractivity contribution in [3.63, 3.8) is 0 Å². The second-order valence-electron chi connectivity index (χ2n) is 3.51. The minimum absolute atomic E-state index is 0.140. The molecule has 0 saturated heterocycles. The summed E-state index contributed by atoms with van der Waals surface area (Å²) >= 11 is 0. The van der Waals surface area contributed by atoms with Crippen molar-refractivity contribution in [3.05, 3.63) is 24.0 Å². The van der Waals surface area contributed by atoms with Crippen LogP contribution < -0.4 is 15.4 Å². The number of nitrogens with two attached hydrogens (primary N) is 1. The summed E-state index contributed by atoms with van der Waals surface area (Å²) in [4.78, 5) is 1.90. The van der Waals surface area contributed by atoms with Crippen LogP contribution in [0.1, 0.15) is 6.92 Å². The number of methoxy groups -OCH3 is 1. The van der Waals surface area contributed by atoms with Gasteiger partial charge in [-0.25, -0.2) is 4.39 Å². The SMILES string of the molecule is COc1ccc(F)cc1N(C)C(C)CN. The zero-order valence-electron chi connectivity index (χ0n) is 9.33. The lowest BCUT2D eigenvalue weighted by Crippen LogP contribution is -2.35. The number of halogens is 1.